The minimum Gasteiger partial charge on any atom is -0.480 e. The second-order valence-electron chi connectivity index (χ2n) is 7.36. The van der Waals surface area contributed by atoms with Gasteiger partial charge in [0.2, 0.25) is 0 Å². The zero-order chi connectivity index (χ0) is 18.4. The number of nitrogens with zero attached hydrogens (tertiary/aromatic N) is 2. The Morgan fingerprint density at radius 3 is 2.24 bits per heavy atom. The van der Waals surface area contributed by atoms with Crippen molar-refractivity contribution in [1.82, 2.24) is 9.80 Å². The molecule has 1 N–H and O–H groups in total. The van der Waals surface area contributed by atoms with Crippen LogP contribution in [0.5, 0.6) is 0 Å². The van der Waals surface area contributed by atoms with Gasteiger partial charge in [0, 0.05) is 31.5 Å². The number of aryl methyl sites for hydroxylation is 3. The Kier molecular flexibility index (Phi) is 4.60. The van der Waals surface area contributed by atoms with E-state index in [0.717, 1.165) is 29.8 Å². The van der Waals surface area contributed by atoms with Gasteiger partial charge < -0.3 is 14.7 Å². The van der Waals surface area contributed by atoms with E-state index < -0.39 is 17.7 Å². The van der Waals surface area contributed by atoms with Gasteiger partial charge in [-0.15, -0.1) is 0 Å². The highest BCUT2D eigenvalue weighted by molar-refractivity contribution is 6.00. The normalized spacial score (nSPS) is 23.2. The SMILES string of the molecule is Cc1cc(C)c(C(=O)N2[C@H](C(=O)O)COC23CCN(C)CC3)c(C)c1. The lowest BCUT2D eigenvalue weighted by molar-refractivity contribution is -0.143. The van der Waals surface area contributed by atoms with Gasteiger partial charge in [0.15, 0.2) is 6.04 Å². The summed E-state index contributed by atoms with van der Waals surface area (Å²) >= 11 is 0. The molecular formula is C19H26N2O4. The van der Waals surface area contributed by atoms with Crippen LogP contribution in [-0.4, -0.2) is 65.3 Å². The molecule has 2 fully saturated rings. The number of carboxylic acids is 1. The first kappa shape index (κ1) is 17.9. The fraction of sp³-hybridized carbons (Fsp3) is 0.579. The Bertz CT molecular complexity index is 684. The van der Waals surface area contributed by atoms with Gasteiger partial charge in [-0.2, -0.15) is 0 Å². The molecule has 6 nitrogen and oxygen atoms in total. The molecule has 2 aliphatic heterocycles. The van der Waals surface area contributed by atoms with Crippen LogP contribution in [0.4, 0.5) is 0 Å². The summed E-state index contributed by atoms with van der Waals surface area (Å²) in [4.78, 5) is 28.9. The fourth-order valence-corrected chi connectivity index (χ4v) is 4.16. The summed E-state index contributed by atoms with van der Waals surface area (Å²) in [6.45, 7) is 7.41. The molecule has 0 radical (unpaired) electrons. The molecule has 1 spiro atoms. The Labute approximate surface area is 148 Å². The van der Waals surface area contributed by atoms with Gasteiger partial charge in [-0.3, -0.25) is 9.69 Å². The van der Waals surface area contributed by atoms with Crippen LogP contribution < -0.4 is 0 Å². The molecule has 0 bridgehead atoms. The summed E-state index contributed by atoms with van der Waals surface area (Å²) in [7, 11) is 2.02. The zero-order valence-corrected chi connectivity index (χ0v) is 15.3. The van der Waals surface area contributed by atoms with E-state index in [-0.39, 0.29) is 12.5 Å². The molecular weight excluding hydrogens is 320 g/mol. The first-order valence-corrected chi connectivity index (χ1v) is 8.72. The van der Waals surface area contributed by atoms with E-state index in [0.29, 0.717) is 18.4 Å². The van der Waals surface area contributed by atoms with E-state index in [1.165, 1.54) is 4.90 Å². The number of aliphatic carboxylic acids is 1. The van der Waals surface area contributed by atoms with Gasteiger partial charge >= 0.3 is 5.97 Å². The minimum absolute atomic E-state index is 0.0503. The van der Waals surface area contributed by atoms with Crippen LogP contribution in [0.2, 0.25) is 0 Å². The molecule has 0 aliphatic carbocycles. The summed E-state index contributed by atoms with van der Waals surface area (Å²) in [5.41, 5.74) is 2.63. The first-order chi connectivity index (χ1) is 11.7. The molecule has 6 heteroatoms. The second-order valence-corrected chi connectivity index (χ2v) is 7.36. The molecule has 1 aromatic carbocycles. The van der Waals surface area contributed by atoms with Crippen LogP contribution in [0, 0.1) is 20.8 Å². The molecule has 25 heavy (non-hydrogen) atoms. The van der Waals surface area contributed by atoms with E-state index in [9.17, 15) is 14.7 Å². The quantitative estimate of drug-likeness (QED) is 0.886. The van der Waals surface area contributed by atoms with Crippen molar-refractivity contribution in [3.63, 3.8) is 0 Å². The zero-order valence-electron chi connectivity index (χ0n) is 15.3. The molecule has 0 saturated carbocycles. The molecule has 1 aromatic rings. The number of carbonyl (C=O) groups is 2. The molecule has 2 aliphatic rings. The number of hydrogen-bond donors (Lipinski definition) is 1. The Balaban J connectivity index is 2.03. The Morgan fingerprint density at radius 2 is 1.72 bits per heavy atom. The van der Waals surface area contributed by atoms with Crippen molar-refractivity contribution in [3.05, 3.63) is 34.4 Å². The monoisotopic (exact) mass is 346 g/mol. The molecule has 136 valence electrons. The number of likely N-dealkylation sites (tertiary alicyclic amines) is 1. The number of ether oxygens (including phenoxy) is 1. The number of carboxylic acid groups (broad SMARTS) is 1. The molecule has 0 unspecified atom stereocenters. The molecule has 3 rings (SSSR count). The average Bonchev–Trinajstić information content (AvgIpc) is 2.88. The highest BCUT2D eigenvalue weighted by atomic mass is 16.5. The second kappa shape index (κ2) is 6.42. The minimum atomic E-state index is -1.01. The third kappa shape index (κ3) is 3.04. The van der Waals surface area contributed by atoms with Crippen LogP contribution in [0.25, 0.3) is 0 Å². The van der Waals surface area contributed by atoms with Crippen molar-refractivity contribution in [2.45, 2.75) is 45.4 Å². The number of carbonyl (C=O) groups excluding carboxylic acids is 1. The first-order valence-electron chi connectivity index (χ1n) is 8.72. The average molecular weight is 346 g/mol. The lowest BCUT2D eigenvalue weighted by Crippen LogP contribution is -2.58. The number of piperidine rings is 1. The molecule has 1 amide bonds. The Morgan fingerprint density at radius 1 is 1.16 bits per heavy atom. The van der Waals surface area contributed by atoms with Gasteiger partial charge in [0.25, 0.3) is 5.91 Å². The van der Waals surface area contributed by atoms with Crippen molar-refractivity contribution in [3.8, 4) is 0 Å². The maximum atomic E-state index is 13.4. The van der Waals surface area contributed by atoms with Gasteiger partial charge in [0.1, 0.15) is 5.72 Å². The van der Waals surface area contributed by atoms with E-state index in [1.54, 1.807) is 0 Å². The van der Waals surface area contributed by atoms with Crippen LogP contribution in [0.1, 0.15) is 39.9 Å². The smallest absolute Gasteiger partial charge is 0.328 e. The molecule has 2 heterocycles. The van der Waals surface area contributed by atoms with Crippen molar-refractivity contribution >= 4 is 11.9 Å². The molecule has 1 atom stereocenters. The van der Waals surface area contributed by atoms with Crippen LogP contribution >= 0.6 is 0 Å². The van der Waals surface area contributed by atoms with Crippen LogP contribution in [0.15, 0.2) is 12.1 Å². The highest BCUT2D eigenvalue weighted by Gasteiger charge is 2.54. The summed E-state index contributed by atoms with van der Waals surface area (Å²) in [6.07, 6.45) is 1.26. The van der Waals surface area contributed by atoms with Crippen molar-refractivity contribution in [2.75, 3.05) is 26.7 Å². The predicted molar refractivity (Wildman–Crippen MR) is 93.7 cm³/mol. The van der Waals surface area contributed by atoms with E-state index in [2.05, 4.69) is 4.90 Å². The largest absolute Gasteiger partial charge is 0.480 e. The maximum Gasteiger partial charge on any atom is 0.328 e. The number of hydrogen-bond acceptors (Lipinski definition) is 4. The lowest BCUT2D eigenvalue weighted by atomic mass is 9.94. The van der Waals surface area contributed by atoms with Gasteiger partial charge in [-0.25, -0.2) is 4.79 Å². The summed E-state index contributed by atoms with van der Waals surface area (Å²) < 4.78 is 5.96. The molecule has 0 aromatic heterocycles. The summed E-state index contributed by atoms with van der Waals surface area (Å²) in [5.74, 6) is -1.24. The number of rotatable bonds is 2. The van der Waals surface area contributed by atoms with E-state index >= 15 is 0 Å². The van der Waals surface area contributed by atoms with Gasteiger partial charge in [-0.05, 0) is 38.9 Å². The summed E-state index contributed by atoms with van der Waals surface area (Å²) in [6, 6.07) is 3.00. The Hall–Kier alpha value is -1.92. The summed E-state index contributed by atoms with van der Waals surface area (Å²) in [5, 5.41) is 9.64. The standard InChI is InChI=1S/C19H26N2O4/c1-12-9-13(2)16(14(3)10-12)17(22)21-15(18(23)24)11-25-19(21)5-7-20(4)8-6-19/h9-10,15H,5-8,11H2,1-4H3,(H,23,24)/t15-/m0/s1. The van der Waals surface area contributed by atoms with E-state index in [4.69, 9.17) is 4.74 Å². The third-order valence-corrected chi connectivity index (χ3v) is 5.42. The fourth-order valence-electron chi connectivity index (χ4n) is 4.16. The third-order valence-electron chi connectivity index (χ3n) is 5.42. The van der Waals surface area contributed by atoms with Crippen molar-refractivity contribution < 1.29 is 19.4 Å². The van der Waals surface area contributed by atoms with Gasteiger partial charge in [0.05, 0.1) is 6.61 Å². The number of amides is 1. The number of benzene rings is 1. The topological polar surface area (TPSA) is 70.1 Å². The van der Waals surface area contributed by atoms with E-state index in [1.807, 2.05) is 40.0 Å². The predicted octanol–water partition coefficient (Wildman–Crippen LogP) is 1.96. The molecule has 2 saturated heterocycles. The highest BCUT2D eigenvalue weighted by Crippen LogP contribution is 2.39. The maximum absolute atomic E-state index is 13.4. The van der Waals surface area contributed by atoms with Crippen molar-refractivity contribution in [1.29, 1.82) is 0 Å². The van der Waals surface area contributed by atoms with Crippen LogP contribution in [-0.2, 0) is 9.53 Å². The van der Waals surface area contributed by atoms with Gasteiger partial charge in [-0.1, -0.05) is 17.7 Å². The van der Waals surface area contributed by atoms with Crippen LogP contribution in [0.3, 0.4) is 0 Å². The lowest BCUT2D eigenvalue weighted by Gasteiger charge is -2.43. The van der Waals surface area contributed by atoms with Crippen molar-refractivity contribution in [2.24, 2.45) is 0 Å².